The minimum Gasteiger partial charge on any atom is -0.396 e. The topological polar surface area (TPSA) is 52.6 Å². The first kappa shape index (κ1) is 16.8. The van der Waals surface area contributed by atoms with Gasteiger partial charge in [0.05, 0.1) is 6.04 Å². The van der Waals surface area contributed by atoms with Crippen molar-refractivity contribution in [2.75, 3.05) is 19.7 Å². The van der Waals surface area contributed by atoms with Gasteiger partial charge in [0.15, 0.2) is 0 Å². The second-order valence-electron chi connectivity index (χ2n) is 7.33. The van der Waals surface area contributed by atoms with E-state index in [9.17, 15) is 4.79 Å². The minimum atomic E-state index is -0.0386. The molecule has 2 atom stereocenters. The van der Waals surface area contributed by atoms with Gasteiger partial charge in [-0.2, -0.15) is 0 Å². The zero-order chi connectivity index (χ0) is 16.3. The van der Waals surface area contributed by atoms with Gasteiger partial charge in [-0.3, -0.25) is 0 Å². The number of benzene rings is 1. The summed E-state index contributed by atoms with van der Waals surface area (Å²) in [6.07, 6.45) is 0.887. The van der Waals surface area contributed by atoms with Crippen LogP contribution >= 0.6 is 0 Å². The molecular weight excluding hydrogens is 276 g/mol. The Bertz CT molecular complexity index is 505. The average Bonchev–Trinajstić information content (AvgIpc) is 2.95. The number of hydrogen-bond acceptors (Lipinski definition) is 2. The predicted molar refractivity (Wildman–Crippen MR) is 88.9 cm³/mol. The molecular formula is C18H28N2O2. The summed E-state index contributed by atoms with van der Waals surface area (Å²) >= 11 is 0. The number of likely N-dealkylation sites (tertiary alicyclic amines) is 1. The van der Waals surface area contributed by atoms with E-state index in [1.165, 1.54) is 5.56 Å². The van der Waals surface area contributed by atoms with Gasteiger partial charge in [-0.15, -0.1) is 0 Å². The highest BCUT2D eigenvalue weighted by atomic mass is 16.3. The largest absolute Gasteiger partial charge is 0.396 e. The van der Waals surface area contributed by atoms with Crippen molar-refractivity contribution in [3.8, 4) is 0 Å². The first-order valence-corrected chi connectivity index (χ1v) is 8.08. The maximum Gasteiger partial charge on any atom is 0.317 e. The molecule has 4 heteroatoms. The molecule has 2 amide bonds. The van der Waals surface area contributed by atoms with Crippen LogP contribution in [0.15, 0.2) is 24.3 Å². The van der Waals surface area contributed by atoms with Gasteiger partial charge in [-0.25, -0.2) is 4.79 Å². The number of hydrogen-bond donors (Lipinski definition) is 2. The predicted octanol–water partition coefficient (Wildman–Crippen LogP) is 3.07. The fourth-order valence-electron chi connectivity index (χ4n) is 2.80. The Morgan fingerprint density at radius 2 is 2.00 bits per heavy atom. The van der Waals surface area contributed by atoms with Crippen LogP contribution in [-0.4, -0.2) is 35.7 Å². The van der Waals surface area contributed by atoms with Crippen LogP contribution in [0.3, 0.4) is 0 Å². The monoisotopic (exact) mass is 304 g/mol. The number of rotatable bonds is 3. The molecule has 122 valence electrons. The number of carbonyl (C=O) groups is 1. The second-order valence-corrected chi connectivity index (χ2v) is 7.33. The zero-order valence-electron chi connectivity index (χ0n) is 14.1. The molecule has 0 spiro atoms. The van der Waals surface area contributed by atoms with Gasteiger partial charge in [-0.1, -0.05) is 45.0 Å². The molecule has 4 nitrogen and oxygen atoms in total. The number of amides is 2. The van der Waals surface area contributed by atoms with Crippen molar-refractivity contribution in [1.82, 2.24) is 10.2 Å². The smallest absolute Gasteiger partial charge is 0.317 e. The Morgan fingerprint density at radius 1 is 1.36 bits per heavy atom. The minimum absolute atomic E-state index is 0.0188. The Labute approximate surface area is 133 Å². The van der Waals surface area contributed by atoms with E-state index in [4.69, 9.17) is 5.11 Å². The third-order valence-corrected chi connectivity index (χ3v) is 4.45. The summed E-state index contributed by atoms with van der Waals surface area (Å²) in [6, 6.07) is 8.39. The summed E-state index contributed by atoms with van der Waals surface area (Å²) in [7, 11) is 0. The molecule has 0 saturated carbocycles. The van der Waals surface area contributed by atoms with Crippen LogP contribution in [0.1, 0.15) is 51.3 Å². The molecule has 2 unspecified atom stereocenters. The van der Waals surface area contributed by atoms with Crippen LogP contribution in [0.25, 0.3) is 0 Å². The SMILES string of the molecule is CC(NC(=O)N1CCC(CO)C1)c1ccc(C(C)(C)C)cc1. The molecule has 2 N–H and O–H groups in total. The normalized spacial score (nSPS) is 20.0. The quantitative estimate of drug-likeness (QED) is 0.901. The van der Waals surface area contributed by atoms with Crippen molar-refractivity contribution >= 4 is 6.03 Å². The van der Waals surface area contributed by atoms with Crippen LogP contribution in [0.4, 0.5) is 4.79 Å². The molecule has 1 aliphatic rings. The molecule has 22 heavy (non-hydrogen) atoms. The summed E-state index contributed by atoms with van der Waals surface area (Å²) in [6.45, 7) is 10.1. The van der Waals surface area contributed by atoms with E-state index in [0.717, 1.165) is 18.5 Å². The standard InChI is InChI=1S/C18H28N2O2/c1-13(15-5-7-16(8-6-15)18(2,3)4)19-17(22)20-10-9-14(11-20)12-21/h5-8,13-14,21H,9-12H2,1-4H3,(H,19,22). The van der Waals surface area contributed by atoms with Gasteiger partial charge in [0.1, 0.15) is 0 Å². The summed E-state index contributed by atoms with van der Waals surface area (Å²) < 4.78 is 0. The second kappa shape index (κ2) is 6.69. The maximum absolute atomic E-state index is 12.2. The highest BCUT2D eigenvalue weighted by Crippen LogP contribution is 2.24. The summed E-state index contributed by atoms with van der Waals surface area (Å²) in [5.41, 5.74) is 2.54. The summed E-state index contributed by atoms with van der Waals surface area (Å²) in [5.74, 6) is 0.229. The van der Waals surface area contributed by atoms with E-state index in [2.05, 4.69) is 50.4 Å². The van der Waals surface area contributed by atoms with Crippen LogP contribution in [-0.2, 0) is 5.41 Å². The highest BCUT2D eigenvalue weighted by Gasteiger charge is 2.26. The van der Waals surface area contributed by atoms with Crippen molar-refractivity contribution in [2.24, 2.45) is 5.92 Å². The van der Waals surface area contributed by atoms with Gasteiger partial charge in [0.25, 0.3) is 0 Å². The van der Waals surface area contributed by atoms with E-state index in [1.54, 1.807) is 4.90 Å². The van der Waals surface area contributed by atoms with Crippen LogP contribution in [0, 0.1) is 5.92 Å². The number of aliphatic hydroxyl groups is 1. The third kappa shape index (κ3) is 4.01. The zero-order valence-corrected chi connectivity index (χ0v) is 14.1. The van der Waals surface area contributed by atoms with E-state index in [1.807, 2.05) is 6.92 Å². The molecule has 0 aromatic heterocycles. The van der Waals surface area contributed by atoms with Gasteiger partial charge < -0.3 is 15.3 Å². The molecule has 2 rings (SSSR count). The highest BCUT2D eigenvalue weighted by molar-refractivity contribution is 5.75. The maximum atomic E-state index is 12.2. The Morgan fingerprint density at radius 3 is 2.50 bits per heavy atom. The van der Waals surface area contributed by atoms with E-state index < -0.39 is 0 Å². The fraction of sp³-hybridized carbons (Fsp3) is 0.611. The van der Waals surface area contributed by atoms with E-state index in [0.29, 0.717) is 6.54 Å². The molecule has 0 aliphatic carbocycles. The average molecular weight is 304 g/mol. The first-order valence-electron chi connectivity index (χ1n) is 8.08. The first-order chi connectivity index (χ1) is 10.3. The fourth-order valence-corrected chi connectivity index (χ4v) is 2.80. The molecule has 1 heterocycles. The number of nitrogens with one attached hydrogen (secondary N) is 1. The third-order valence-electron chi connectivity index (χ3n) is 4.45. The van der Waals surface area contributed by atoms with Crippen molar-refractivity contribution < 1.29 is 9.90 Å². The number of aliphatic hydroxyl groups excluding tert-OH is 1. The lowest BCUT2D eigenvalue weighted by molar-refractivity contribution is 0.195. The van der Waals surface area contributed by atoms with Gasteiger partial charge in [0.2, 0.25) is 0 Å². The summed E-state index contributed by atoms with van der Waals surface area (Å²) in [5, 5.41) is 12.2. The Balaban J connectivity index is 1.94. The number of urea groups is 1. The Hall–Kier alpha value is -1.55. The molecule has 1 saturated heterocycles. The molecule has 0 radical (unpaired) electrons. The molecule has 1 aromatic carbocycles. The van der Waals surface area contributed by atoms with Crippen LogP contribution in [0.5, 0.6) is 0 Å². The van der Waals surface area contributed by atoms with Crippen molar-refractivity contribution in [1.29, 1.82) is 0 Å². The van der Waals surface area contributed by atoms with Crippen molar-refractivity contribution in [2.45, 2.75) is 45.6 Å². The van der Waals surface area contributed by atoms with Gasteiger partial charge in [-0.05, 0) is 29.9 Å². The summed E-state index contributed by atoms with van der Waals surface area (Å²) in [4.78, 5) is 14.0. The molecule has 0 bridgehead atoms. The van der Waals surface area contributed by atoms with Gasteiger partial charge >= 0.3 is 6.03 Å². The van der Waals surface area contributed by atoms with Crippen molar-refractivity contribution in [3.63, 3.8) is 0 Å². The van der Waals surface area contributed by atoms with E-state index >= 15 is 0 Å². The molecule has 1 aliphatic heterocycles. The Kier molecular flexibility index (Phi) is 5.12. The molecule has 1 fully saturated rings. The lowest BCUT2D eigenvalue weighted by atomic mass is 9.86. The van der Waals surface area contributed by atoms with Crippen LogP contribution in [0.2, 0.25) is 0 Å². The lowest BCUT2D eigenvalue weighted by Gasteiger charge is -2.23. The van der Waals surface area contributed by atoms with E-state index in [-0.39, 0.29) is 30.0 Å². The molecule has 1 aromatic rings. The van der Waals surface area contributed by atoms with Gasteiger partial charge in [0, 0.05) is 25.6 Å². The lowest BCUT2D eigenvalue weighted by Crippen LogP contribution is -2.39. The van der Waals surface area contributed by atoms with Crippen molar-refractivity contribution in [3.05, 3.63) is 35.4 Å². The number of nitrogens with zero attached hydrogens (tertiary/aromatic N) is 1. The number of carbonyl (C=O) groups excluding carboxylic acids is 1. The van der Waals surface area contributed by atoms with Crippen LogP contribution < -0.4 is 5.32 Å².